The first-order valence-corrected chi connectivity index (χ1v) is 7.13. The molecule has 0 aromatic heterocycles. The van der Waals surface area contributed by atoms with Crippen LogP contribution in [0.15, 0.2) is 41.0 Å². The van der Waals surface area contributed by atoms with Crippen molar-refractivity contribution in [1.82, 2.24) is 0 Å². The molecule has 1 atom stereocenters. The van der Waals surface area contributed by atoms with Crippen LogP contribution in [-0.4, -0.2) is 10.1 Å². The summed E-state index contributed by atoms with van der Waals surface area (Å²) < 4.78 is 0. The molecule has 5 nitrogen and oxygen atoms in total. The number of nitro benzene ring substituents is 1. The summed E-state index contributed by atoms with van der Waals surface area (Å²) >= 11 is 1.46. The van der Waals surface area contributed by atoms with Crippen molar-refractivity contribution < 1.29 is 4.92 Å². The van der Waals surface area contributed by atoms with E-state index in [4.69, 9.17) is 5.73 Å². The molecular weight excluding hydrogens is 274 g/mol. The molecule has 1 unspecified atom stereocenters. The van der Waals surface area contributed by atoms with Gasteiger partial charge < -0.3 is 5.73 Å². The molecule has 1 heterocycles. The van der Waals surface area contributed by atoms with Crippen molar-refractivity contribution in [3.8, 4) is 0 Å². The molecule has 0 saturated carbocycles. The third kappa shape index (κ3) is 3.19. The molecular formula is C14H17N3O2S. The number of benzene rings is 1. The largest absolute Gasteiger partial charge is 0.378 e. The van der Waals surface area contributed by atoms with E-state index in [2.05, 4.69) is 31.8 Å². The Morgan fingerprint density at radius 3 is 2.40 bits per heavy atom. The van der Waals surface area contributed by atoms with E-state index in [1.807, 2.05) is 0 Å². The smallest absolute Gasteiger partial charge is 0.269 e. The molecule has 0 fully saturated rings. The van der Waals surface area contributed by atoms with E-state index in [0.29, 0.717) is 5.17 Å². The van der Waals surface area contributed by atoms with Crippen molar-refractivity contribution in [2.75, 3.05) is 0 Å². The zero-order valence-corrected chi connectivity index (χ0v) is 12.5. The summed E-state index contributed by atoms with van der Waals surface area (Å²) in [4.78, 5) is 14.7. The quantitative estimate of drug-likeness (QED) is 0.666. The summed E-state index contributed by atoms with van der Waals surface area (Å²) in [5.41, 5.74) is 7.83. The first-order valence-electron chi connectivity index (χ1n) is 6.25. The number of thioether (sulfide) groups is 1. The van der Waals surface area contributed by atoms with E-state index in [0.717, 1.165) is 11.3 Å². The number of nitro groups is 1. The van der Waals surface area contributed by atoms with Gasteiger partial charge in [0, 0.05) is 23.2 Å². The predicted octanol–water partition coefficient (Wildman–Crippen LogP) is 3.63. The van der Waals surface area contributed by atoms with E-state index in [9.17, 15) is 10.1 Å². The summed E-state index contributed by atoms with van der Waals surface area (Å²) in [6, 6.07) is 6.57. The fourth-order valence-corrected chi connectivity index (χ4v) is 2.76. The second kappa shape index (κ2) is 5.28. The van der Waals surface area contributed by atoms with Gasteiger partial charge >= 0.3 is 0 Å². The number of hydrogen-bond acceptors (Lipinski definition) is 5. The Bertz CT molecular complexity index is 585. The lowest BCUT2D eigenvalue weighted by Crippen LogP contribution is -2.18. The normalized spacial score (nSPS) is 19.2. The van der Waals surface area contributed by atoms with Crippen LogP contribution in [-0.2, 0) is 0 Å². The van der Waals surface area contributed by atoms with Crippen LogP contribution in [0.25, 0.3) is 0 Å². The Morgan fingerprint density at radius 2 is 1.90 bits per heavy atom. The number of rotatable bonds is 2. The molecule has 1 aromatic rings. The van der Waals surface area contributed by atoms with Gasteiger partial charge in [-0.05, 0) is 11.6 Å². The number of amidine groups is 1. The molecule has 6 heteroatoms. The summed E-state index contributed by atoms with van der Waals surface area (Å²) in [5.74, 6) is 0. The summed E-state index contributed by atoms with van der Waals surface area (Å²) in [7, 11) is 0. The second-order valence-electron chi connectivity index (χ2n) is 5.64. The molecule has 2 N–H and O–H groups in total. The maximum Gasteiger partial charge on any atom is 0.269 e. The molecule has 1 aliphatic heterocycles. The lowest BCUT2D eigenvalue weighted by molar-refractivity contribution is -0.384. The molecule has 1 aliphatic rings. The van der Waals surface area contributed by atoms with Gasteiger partial charge in [0.05, 0.1) is 10.2 Å². The molecule has 106 valence electrons. The first-order chi connectivity index (χ1) is 9.27. The number of allylic oxidation sites excluding steroid dienone is 1. The minimum atomic E-state index is -0.399. The van der Waals surface area contributed by atoms with Crippen molar-refractivity contribution in [3.63, 3.8) is 0 Å². The highest BCUT2D eigenvalue weighted by Crippen LogP contribution is 2.40. The predicted molar refractivity (Wildman–Crippen MR) is 82.6 cm³/mol. The van der Waals surface area contributed by atoms with E-state index >= 15 is 0 Å². The number of hydrogen-bond donors (Lipinski definition) is 1. The molecule has 0 spiro atoms. The maximum atomic E-state index is 10.7. The summed E-state index contributed by atoms with van der Waals surface area (Å²) in [6.07, 6.45) is 2.07. The van der Waals surface area contributed by atoms with Crippen LogP contribution in [0.1, 0.15) is 31.6 Å². The van der Waals surface area contributed by atoms with Crippen LogP contribution in [0.4, 0.5) is 5.69 Å². The monoisotopic (exact) mass is 291 g/mol. The van der Waals surface area contributed by atoms with Gasteiger partial charge in [0.15, 0.2) is 5.17 Å². The van der Waals surface area contributed by atoms with E-state index in [-0.39, 0.29) is 16.4 Å². The van der Waals surface area contributed by atoms with Gasteiger partial charge in [-0.25, -0.2) is 4.99 Å². The third-order valence-corrected chi connectivity index (χ3v) is 3.98. The number of nitrogens with zero attached hydrogens (tertiary/aromatic N) is 2. The number of nitrogens with two attached hydrogens (primary N) is 1. The van der Waals surface area contributed by atoms with Gasteiger partial charge in [-0.15, -0.1) is 0 Å². The van der Waals surface area contributed by atoms with Crippen molar-refractivity contribution in [2.24, 2.45) is 16.1 Å². The van der Waals surface area contributed by atoms with Gasteiger partial charge in [-0.1, -0.05) is 44.7 Å². The molecule has 0 amide bonds. The van der Waals surface area contributed by atoms with Crippen LogP contribution in [0, 0.1) is 15.5 Å². The molecule has 0 saturated heterocycles. The van der Waals surface area contributed by atoms with Crippen LogP contribution in [0.5, 0.6) is 0 Å². The minimum absolute atomic E-state index is 0.0440. The molecule has 0 bridgehead atoms. The number of non-ortho nitro benzene ring substituents is 1. The minimum Gasteiger partial charge on any atom is -0.378 e. The SMILES string of the molecule is CC(C)(C)C1=CC(c2ccc([N+](=O)[O-])cc2)SC(N)=N1. The van der Waals surface area contributed by atoms with E-state index < -0.39 is 4.92 Å². The van der Waals surface area contributed by atoms with Gasteiger partial charge in [-0.3, -0.25) is 10.1 Å². The Kier molecular flexibility index (Phi) is 3.85. The molecule has 2 rings (SSSR count). The van der Waals surface area contributed by atoms with Crippen LogP contribution < -0.4 is 5.73 Å². The second-order valence-corrected chi connectivity index (χ2v) is 6.80. The van der Waals surface area contributed by atoms with Crippen molar-refractivity contribution in [1.29, 1.82) is 0 Å². The lowest BCUT2D eigenvalue weighted by Gasteiger charge is -2.26. The third-order valence-electron chi connectivity index (χ3n) is 2.99. The average molecular weight is 291 g/mol. The van der Waals surface area contributed by atoms with Crippen LogP contribution in [0.2, 0.25) is 0 Å². The van der Waals surface area contributed by atoms with Crippen molar-refractivity contribution >= 4 is 22.6 Å². The molecule has 0 aliphatic carbocycles. The Morgan fingerprint density at radius 1 is 1.30 bits per heavy atom. The zero-order valence-electron chi connectivity index (χ0n) is 11.7. The highest BCUT2D eigenvalue weighted by Gasteiger charge is 2.25. The van der Waals surface area contributed by atoms with Gasteiger partial charge in [-0.2, -0.15) is 0 Å². The molecule has 0 radical (unpaired) electrons. The van der Waals surface area contributed by atoms with Crippen LogP contribution >= 0.6 is 11.8 Å². The van der Waals surface area contributed by atoms with Gasteiger partial charge in [0.25, 0.3) is 5.69 Å². The van der Waals surface area contributed by atoms with E-state index in [1.54, 1.807) is 12.1 Å². The van der Waals surface area contributed by atoms with E-state index in [1.165, 1.54) is 23.9 Å². The Hall–Kier alpha value is -1.82. The molecule has 20 heavy (non-hydrogen) atoms. The summed E-state index contributed by atoms with van der Waals surface area (Å²) in [5, 5.41) is 11.2. The standard InChI is InChI=1S/C14H17N3O2S/c1-14(2,3)12-8-11(20-13(15)16-12)9-4-6-10(7-5-9)17(18)19/h4-8,11H,1-3H3,(H2,15,16). The highest BCUT2D eigenvalue weighted by atomic mass is 32.2. The van der Waals surface area contributed by atoms with Gasteiger partial charge in [0.2, 0.25) is 0 Å². The average Bonchev–Trinajstić information content (AvgIpc) is 2.37. The first kappa shape index (κ1) is 14.6. The van der Waals surface area contributed by atoms with Crippen molar-refractivity contribution in [2.45, 2.75) is 26.0 Å². The fourth-order valence-electron chi connectivity index (χ4n) is 1.86. The number of aliphatic imine (C=N–C) groups is 1. The Balaban J connectivity index is 2.31. The topological polar surface area (TPSA) is 81.5 Å². The zero-order chi connectivity index (χ0) is 14.9. The Labute approximate surface area is 122 Å². The van der Waals surface area contributed by atoms with Crippen molar-refractivity contribution in [3.05, 3.63) is 51.7 Å². The molecule has 1 aromatic carbocycles. The maximum absolute atomic E-state index is 10.7. The fraction of sp³-hybridized carbons (Fsp3) is 0.357. The lowest BCUT2D eigenvalue weighted by atomic mass is 9.91. The van der Waals surface area contributed by atoms with Crippen LogP contribution in [0.3, 0.4) is 0 Å². The highest BCUT2D eigenvalue weighted by molar-refractivity contribution is 8.14. The summed E-state index contributed by atoms with van der Waals surface area (Å²) in [6.45, 7) is 6.25. The van der Waals surface area contributed by atoms with Gasteiger partial charge in [0.1, 0.15) is 0 Å².